The minimum atomic E-state index is -0.183. The molecule has 0 fully saturated rings. The Morgan fingerprint density at radius 3 is 2.82 bits per heavy atom. The van der Waals surface area contributed by atoms with Crippen LogP contribution in [-0.4, -0.2) is 10.9 Å². The molecule has 0 aliphatic heterocycles. The summed E-state index contributed by atoms with van der Waals surface area (Å²) >= 11 is 8.32. The predicted molar refractivity (Wildman–Crippen MR) is 75.1 cm³/mol. The second-order valence-electron chi connectivity index (χ2n) is 3.21. The first-order valence-electron chi connectivity index (χ1n) is 4.79. The number of aromatic nitrogens is 1. The summed E-state index contributed by atoms with van der Waals surface area (Å²) in [7, 11) is 0. The Bertz CT molecular complexity index is 542. The molecule has 2 rings (SSSR count). The molecule has 2 aromatic heterocycles. The van der Waals surface area contributed by atoms with E-state index in [0.717, 1.165) is 9.35 Å². The molecule has 0 aliphatic rings. The van der Waals surface area contributed by atoms with Crippen molar-refractivity contribution >= 4 is 49.1 Å². The highest BCUT2D eigenvalue weighted by Gasteiger charge is 2.11. The van der Waals surface area contributed by atoms with E-state index in [1.54, 1.807) is 29.7 Å². The summed E-state index contributed by atoms with van der Waals surface area (Å²) < 4.78 is 1.71. The SMILES string of the molecule is O=C(NCc1sccc1Br)c1ncccc1Br. The van der Waals surface area contributed by atoms with Gasteiger partial charge in [-0.05, 0) is 55.4 Å². The van der Waals surface area contributed by atoms with Crippen molar-refractivity contribution in [2.75, 3.05) is 0 Å². The van der Waals surface area contributed by atoms with E-state index in [4.69, 9.17) is 0 Å². The molecular formula is C11H8Br2N2OS. The number of hydrogen-bond acceptors (Lipinski definition) is 3. The fourth-order valence-corrected chi connectivity index (χ4v) is 3.12. The van der Waals surface area contributed by atoms with E-state index in [1.165, 1.54) is 0 Å². The molecular weight excluding hydrogens is 368 g/mol. The molecule has 1 amide bonds. The summed E-state index contributed by atoms with van der Waals surface area (Å²) in [4.78, 5) is 17.0. The van der Waals surface area contributed by atoms with E-state index < -0.39 is 0 Å². The normalized spacial score (nSPS) is 10.2. The minimum Gasteiger partial charge on any atom is -0.346 e. The summed E-state index contributed by atoms with van der Waals surface area (Å²) in [6, 6.07) is 5.53. The molecule has 2 heterocycles. The summed E-state index contributed by atoms with van der Waals surface area (Å²) in [6.07, 6.45) is 1.60. The summed E-state index contributed by atoms with van der Waals surface area (Å²) in [5.74, 6) is -0.183. The second-order valence-corrected chi connectivity index (χ2v) is 5.92. The number of nitrogens with zero attached hydrogens (tertiary/aromatic N) is 1. The van der Waals surface area contributed by atoms with Gasteiger partial charge in [0, 0.05) is 20.0 Å². The van der Waals surface area contributed by atoms with Gasteiger partial charge in [0.05, 0.1) is 6.54 Å². The Balaban J connectivity index is 2.04. The van der Waals surface area contributed by atoms with Gasteiger partial charge in [-0.15, -0.1) is 11.3 Å². The molecule has 0 radical (unpaired) electrons. The molecule has 0 saturated heterocycles. The number of thiophene rings is 1. The quantitative estimate of drug-likeness (QED) is 0.890. The molecule has 0 aliphatic carbocycles. The molecule has 0 atom stereocenters. The zero-order valence-corrected chi connectivity index (χ0v) is 12.6. The maximum atomic E-state index is 11.9. The van der Waals surface area contributed by atoms with Gasteiger partial charge in [-0.1, -0.05) is 0 Å². The lowest BCUT2D eigenvalue weighted by atomic mass is 10.3. The highest BCUT2D eigenvalue weighted by atomic mass is 79.9. The van der Waals surface area contributed by atoms with E-state index >= 15 is 0 Å². The zero-order chi connectivity index (χ0) is 12.3. The van der Waals surface area contributed by atoms with Gasteiger partial charge < -0.3 is 5.32 Å². The van der Waals surface area contributed by atoms with Gasteiger partial charge in [0.2, 0.25) is 0 Å². The van der Waals surface area contributed by atoms with Crippen LogP contribution in [0.1, 0.15) is 15.4 Å². The number of pyridine rings is 1. The lowest BCUT2D eigenvalue weighted by molar-refractivity contribution is 0.0945. The van der Waals surface area contributed by atoms with Crippen molar-refractivity contribution in [1.29, 1.82) is 0 Å². The van der Waals surface area contributed by atoms with Gasteiger partial charge in [-0.3, -0.25) is 4.79 Å². The Hall–Kier alpha value is -0.720. The molecule has 2 aromatic rings. The zero-order valence-electron chi connectivity index (χ0n) is 8.61. The largest absolute Gasteiger partial charge is 0.346 e. The van der Waals surface area contributed by atoms with Crippen molar-refractivity contribution in [2.45, 2.75) is 6.54 Å². The van der Waals surface area contributed by atoms with Crippen LogP contribution in [0.15, 0.2) is 38.7 Å². The molecule has 0 unspecified atom stereocenters. The van der Waals surface area contributed by atoms with Gasteiger partial charge >= 0.3 is 0 Å². The Labute approximate surface area is 120 Å². The van der Waals surface area contributed by atoms with Crippen LogP contribution >= 0.6 is 43.2 Å². The lowest BCUT2D eigenvalue weighted by Gasteiger charge is -2.04. The van der Waals surface area contributed by atoms with Crippen LogP contribution in [0, 0.1) is 0 Å². The third-order valence-corrected chi connectivity index (χ3v) is 4.64. The van der Waals surface area contributed by atoms with Gasteiger partial charge in [0.15, 0.2) is 0 Å². The van der Waals surface area contributed by atoms with E-state index in [1.807, 2.05) is 11.4 Å². The first-order valence-corrected chi connectivity index (χ1v) is 7.25. The van der Waals surface area contributed by atoms with Crippen molar-refractivity contribution in [3.05, 3.63) is 49.3 Å². The first kappa shape index (κ1) is 12.7. The topological polar surface area (TPSA) is 42.0 Å². The Morgan fingerprint density at radius 1 is 1.35 bits per heavy atom. The van der Waals surface area contributed by atoms with E-state index in [0.29, 0.717) is 16.7 Å². The van der Waals surface area contributed by atoms with E-state index in [2.05, 4.69) is 42.2 Å². The number of hydrogen-bond donors (Lipinski definition) is 1. The van der Waals surface area contributed by atoms with Gasteiger partial charge in [0.25, 0.3) is 5.91 Å². The molecule has 3 nitrogen and oxygen atoms in total. The number of nitrogens with one attached hydrogen (secondary N) is 1. The molecule has 0 spiro atoms. The number of rotatable bonds is 3. The van der Waals surface area contributed by atoms with Crippen LogP contribution in [-0.2, 0) is 6.54 Å². The van der Waals surface area contributed by atoms with Crippen LogP contribution in [0.25, 0.3) is 0 Å². The lowest BCUT2D eigenvalue weighted by Crippen LogP contribution is -2.23. The van der Waals surface area contributed by atoms with Crippen LogP contribution in [0.4, 0.5) is 0 Å². The third-order valence-electron chi connectivity index (χ3n) is 2.07. The first-order chi connectivity index (χ1) is 8.18. The van der Waals surface area contributed by atoms with E-state index in [-0.39, 0.29) is 5.91 Å². The van der Waals surface area contributed by atoms with Crippen molar-refractivity contribution < 1.29 is 4.79 Å². The second kappa shape index (κ2) is 5.75. The molecule has 0 saturated carbocycles. The molecule has 88 valence electrons. The fraction of sp³-hybridized carbons (Fsp3) is 0.0909. The van der Waals surface area contributed by atoms with Crippen molar-refractivity contribution in [3.8, 4) is 0 Å². The third kappa shape index (κ3) is 3.14. The number of amides is 1. The summed E-state index contributed by atoms with van der Waals surface area (Å²) in [5, 5.41) is 4.81. The van der Waals surface area contributed by atoms with Crippen molar-refractivity contribution in [2.24, 2.45) is 0 Å². The van der Waals surface area contributed by atoms with Crippen LogP contribution in [0.2, 0.25) is 0 Å². The van der Waals surface area contributed by atoms with Crippen molar-refractivity contribution in [1.82, 2.24) is 10.3 Å². The standard InChI is InChI=1S/C11H8Br2N2OS/c12-7-3-5-17-9(7)6-15-11(16)10-8(13)2-1-4-14-10/h1-5H,6H2,(H,15,16). The average molecular weight is 376 g/mol. The summed E-state index contributed by atoms with van der Waals surface area (Å²) in [6.45, 7) is 0.500. The van der Waals surface area contributed by atoms with Gasteiger partial charge in [0.1, 0.15) is 5.69 Å². The maximum Gasteiger partial charge on any atom is 0.271 e. The van der Waals surface area contributed by atoms with Gasteiger partial charge in [-0.25, -0.2) is 4.98 Å². The van der Waals surface area contributed by atoms with Gasteiger partial charge in [-0.2, -0.15) is 0 Å². The molecule has 1 N–H and O–H groups in total. The Morgan fingerprint density at radius 2 is 2.18 bits per heavy atom. The van der Waals surface area contributed by atoms with Crippen molar-refractivity contribution in [3.63, 3.8) is 0 Å². The van der Waals surface area contributed by atoms with Crippen LogP contribution < -0.4 is 5.32 Å². The van der Waals surface area contributed by atoms with Crippen LogP contribution in [0.3, 0.4) is 0 Å². The molecule has 17 heavy (non-hydrogen) atoms. The minimum absolute atomic E-state index is 0.183. The molecule has 6 heteroatoms. The number of halogens is 2. The summed E-state index contributed by atoms with van der Waals surface area (Å²) in [5.41, 5.74) is 0.403. The Kier molecular flexibility index (Phi) is 4.31. The highest BCUT2D eigenvalue weighted by molar-refractivity contribution is 9.10. The fourth-order valence-electron chi connectivity index (χ4n) is 1.25. The van der Waals surface area contributed by atoms with E-state index in [9.17, 15) is 4.79 Å². The average Bonchev–Trinajstić information content (AvgIpc) is 2.72. The monoisotopic (exact) mass is 374 g/mol. The van der Waals surface area contributed by atoms with Crippen LogP contribution in [0.5, 0.6) is 0 Å². The predicted octanol–water partition coefficient (Wildman–Crippen LogP) is 3.60. The smallest absolute Gasteiger partial charge is 0.271 e. The molecule has 0 aromatic carbocycles. The number of carbonyl (C=O) groups is 1. The maximum absolute atomic E-state index is 11.9. The number of carbonyl (C=O) groups excluding carboxylic acids is 1. The highest BCUT2D eigenvalue weighted by Crippen LogP contribution is 2.22. The molecule has 0 bridgehead atoms.